The third-order valence-electron chi connectivity index (χ3n) is 4.30. The van der Waals surface area contributed by atoms with Crippen LogP contribution in [0, 0.1) is 0 Å². The van der Waals surface area contributed by atoms with E-state index >= 15 is 0 Å². The Morgan fingerprint density at radius 3 is 2.86 bits per heavy atom. The summed E-state index contributed by atoms with van der Waals surface area (Å²) in [6, 6.07) is 3.73. The second kappa shape index (κ2) is 6.74. The second-order valence-corrected chi connectivity index (χ2v) is 7.63. The van der Waals surface area contributed by atoms with Gasteiger partial charge >= 0.3 is 6.03 Å². The molecule has 1 aromatic heterocycles. The molecule has 1 atom stereocenters. The van der Waals surface area contributed by atoms with Gasteiger partial charge in [-0.15, -0.1) is 11.3 Å². The molecule has 2 saturated heterocycles. The minimum atomic E-state index is -0.219. The number of amides is 2. The summed E-state index contributed by atoms with van der Waals surface area (Å²) < 4.78 is 12.1. The highest BCUT2D eigenvalue weighted by atomic mass is 35.5. The molecule has 122 valence electrons. The lowest BCUT2D eigenvalue weighted by molar-refractivity contribution is -0.145. The van der Waals surface area contributed by atoms with Gasteiger partial charge in [-0.3, -0.25) is 0 Å². The van der Waals surface area contributed by atoms with Gasteiger partial charge in [0.05, 0.1) is 29.1 Å². The molecular weight excluding hydrogens is 324 g/mol. The quantitative estimate of drug-likeness (QED) is 0.897. The molecule has 22 heavy (non-hydrogen) atoms. The molecule has 0 saturated carbocycles. The first-order valence-corrected chi connectivity index (χ1v) is 8.80. The Balaban J connectivity index is 1.59. The van der Waals surface area contributed by atoms with Gasteiger partial charge in [0, 0.05) is 37.5 Å². The number of carbonyl (C=O) groups excluding carboxylic acids is 1. The number of carbonyl (C=O) groups is 1. The first-order valence-electron chi connectivity index (χ1n) is 7.60. The topological polar surface area (TPSA) is 50.8 Å². The van der Waals surface area contributed by atoms with Crippen LogP contribution in [-0.2, 0) is 9.47 Å². The fourth-order valence-electron chi connectivity index (χ4n) is 2.97. The molecule has 7 heteroatoms. The monoisotopic (exact) mass is 344 g/mol. The predicted molar refractivity (Wildman–Crippen MR) is 86.6 cm³/mol. The number of hydrogen-bond acceptors (Lipinski definition) is 4. The van der Waals surface area contributed by atoms with Crippen LogP contribution in [0.1, 0.15) is 30.7 Å². The lowest BCUT2D eigenvalue weighted by atomic mass is 9.92. The molecule has 0 bridgehead atoms. The van der Waals surface area contributed by atoms with Gasteiger partial charge in [0.25, 0.3) is 0 Å². The lowest BCUT2D eigenvalue weighted by Gasteiger charge is -2.44. The molecule has 0 aromatic carbocycles. The van der Waals surface area contributed by atoms with Crippen LogP contribution in [0.25, 0.3) is 0 Å². The van der Waals surface area contributed by atoms with E-state index in [0.717, 1.165) is 22.1 Å². The van der Waals surface area contributed by atoms with Crippen molar-refractivity contribution in [2.75, 3.05) is 32.9 Å². The second-order valence-electron chi connectivity index (χ2n) is 5.88. The SMILES string of the molecule is CC(NC(=O)N1CCOC2(CCOCC2)C1)c1ccc(Cl)s1. The average molecular weight is 345 g/mol. The van der Waals surface area contributed by atoms with Crippen LogP contribution in [0.3, 0.4) is 0 Å². The van der Waals surface area contributed by atoms with Crippen molar-refractivity contribution >= 4 is 29.0 Å². The maximum Gasteiger partial charge on any atom is 0.318 e. The standard InChI is InChI=1S/C15H21ClN2O3S/c1-11(12-2-3-13(16)22-12)17-14(19)18-6-9-21-15(10-18)4-7-20-8-5-15/h2-3,11H,4-10H2,1H3,(H,17,19). The summed E-state index contributed by atoms with van der Waals surface area (Å²) in [5.74, 6) is 0. The summed E-state index contributed by atoms with van der Waals surface area (Å²) >= 11 is 7.45. The van der Waals surface area contributed by atoms with E-state index in [-0.39, 0.29) is 17.7 Å². The first-order chi connectivity index (χ1) is 10.6. The smallest absolute Gasteiger partial charge is 0.318 e. The van der Waals surface area contributed by atoms with Gasteiger partial charge < -0.3 is 19.7 Å². The van der Waals surface area contributed by atoms with Crippen molar-refractivity contribution in [3.8, 4) is 0 Å². The van der Waals surface area contributed by atoms with E-state index in [2.05, 4.69) is 5.32 Å². The molecule has 2 aliphatic rings. The maximum absolute atomic E-state index is 12.5. The van der Waals surface area contributed by atoms with Gasteiger partial charge in [-0.2, -0.15) is 0 Å². The normalized spacial score (nSPS) is 22.5. The molecule has 3 rings (SSSR count). The molecule has 1 spiro atoms. The van der Waals surface area contributed by atoms with Gasteiger partial charge in [-0.1, -0.05) is 11.6 Å². The highest BCUT2D eigenvalue weighted by Crippen LogP contribution is 2.30. The number of urea groups is 1. The van der Waals surface area contributed by atoms with Crippen molar-refractivity contribution < 1.29 is 14.3 Å². The Hall–Kier alpha value is -0.820. The predicted octanol–water partition coefficient (Wildman–Crippen LogP) is 3.05. The molecule has 2 aliphatic heterocycles. The van der Waals surface area contributed by atoms with E-state index in [1.54, 1.807) is 0 Å². The highest BCUT2D eigenvalue weighted by Gasteiger charge is 2.39. The van der Waals surface area contributed by atoms with Crippen molar-refractivity contribution in [2.45, 2.75) is 31.4 Å². The van der Waals surface area contributed by atoms with Crippen molar-refractivity contribution in [1.82, 2.24) is 10.2 Å². The number of nitrogens with zero attached hydrogens (tertiary/aromatic N) is 1. The molecule has 1 aromatic rings. The van der Waals surface area contributed by atoms with Gasteiger partial charge in [0.15, 0.2) is 0 Å². The van der Waals surface area contributed by atoms with Crippen molar-refractivity contribution in [2.24, 2.45) is 0 Å². The van der Waals surface area contributed by atoms with Crippen LogP contribution in [-0.4, -0.2) is 49.4 Å². The van der Waals surface area contributed by atoms with Crippen molar-refractivity contribution in [3.05, 3.63) is 21.3 Å². The van der Waals surface area contributed by atoms with Crippen LogP contribution < -0.4 is 5.32 Å². The number of ether oxygens (including phenoxy) is 2. The molecule has 2 fully saturated rings. The van der Waals surface area contributed by atoms with Gasteiger partial charge in [-0.25, -0.2) is 4.79 Å². The molecule has 2 amide bonds. The van der Waals surface area contributed by atoms with E-state index in [0.29, 0.717) is 32.9 Å². The highest BCUT2D eigenvalue weighted by molar-refractivity contribution is 7.16. The Morgan fingerprint density at radius 1 is 1.41 bits per heavy atom. The van der Waals surface area contributed by atoms with E-state index in [4.69, 9.17) is 21.1 Å². The van der Waals surface area contributed by atoms with Gasteiger partial charge in [-0.05, 0) is 19.1 Å². The summed E-state index contributed by atoms with van der Waals surface area (Å²) in [5, 5.41) is 3.05. The number of halogens is 1. The lowest BCUT2D eigenvalue weighted by Crippen LogP contribution is -2.57. The maximum atomic E-state index is 12.5. The number of thiophene rings is 1. The minimum absolute atomic E-state index is 0.0359. The molecule has 5 nitrogen and oxygen atoms in total. The molecule has 0 radical (unpaired) electrons. The fourth-order valence-corrected chi connectivity index (χ4v) is 4.04. The Kier molecular flexibility index (Phi) is 4.92. The van der Waals surface area contributed by atoms with E-state index in [1.165, 1.54) is 11.3 Å². The largest absolute Gasteiger partial charge is 0.381 e. The molecule has 0 aliphatic carbocycles. The fraction of sp³-hybridized carbons (Fsp3) is 0.667. The molecule has 1 unspecified atom stereocenters. The Labute approximate surface area is 139 Å². The summed E-state index contributed by atoms with van der Waals surface area (Å²) in [4.78, 5) is 15.4. The van der Waals surface area contributed by atoms with Crippen LogP contribution in [0.15, 0.2) is 12.1 Å². The summed E-state index contributed by atoms with van der Waals surface area (Å²) in [7, 11) is 0. The third kappa shape index (κ3) is 3.56. The first kappa shape index (κ1) is 16.1. The zero-order chi connectivity index (χ0) is 15.6. The zero-order valence-corrected chi connectivity index (χ0v) is 14.2. The average Bonchev–Trinajstić information content (AvgIpc) is 2.95. The van der Waals surface area contributed by atoms with Crippen LogP contribution in [0.4, 0.5) is 4.79 Å². The molecule has 3 heterocycles. The van der Waals surface area contributed by atoms with E-state index in [9.17, 15) is 4.79 Å². The van der Waals surface area contributed by atoms with Gasteiger partial charge in [0.1, 0.15) is 0 Å². The van der Waals surface area contributed by atoms with Crippen LogP contribution >= 0.6 is 22.9 Å². The number of hydrogen-bond donors (Lipinski definition) is 1. The summed E-state index contributed by atoms with van der Waals surface area (Å²) in [6.07, 6.45) is 1.71. The summed E-state index contributed by atoms with van der Waals surface area (Å²) in [5.41, 5.74) is -0.219. The zero-order valence-electron chi connectivity index (χ0n) is 12.6. The Morgan fingerprint density at radius 2 is 2.18 bits per heavy atom. The third-order valence-corrected chi connectivity index (χ3v) is 5.71. The summed E-state index contributed by atoms with van der Waals surface area (Å²) in [6.45, 7) is 5.25. The molecular formula is C15H21ClN2O3S. The minimum Gasteiger partial charge on any atom is -0.381 e. The Bertz CT molecular complexity index is 525. The van der Waals surface area contributed by atoms with Gasteiger partial charge in [0.2, 0.25) is 0 Å². The number of morpholine rings is 1. The van der Waals surface area contributed by atoms with E-state index in [1.807, 2.05) is 24.0 Å². The van der Waals surface area contributed by atoms with Crippen LogP contribution in [0.5, 0.6) is 0 Å². The molecule has 1 N–H and O–H groups in total. The number of nitrogens with one attached hydrogen (secondary N) is 1. The van der Waals surface area contributed by atoms with Crippen molar-refractivity contribution in [1.29, 1.82) is 0 Å². The number of rotatable bonds is 2. The van der Waals surface area contributed by atoms with Crippen LogP contribution in [0.2, 0.25) is 4.34 Å². The van der Waals surface area contributed by atoms with Crippen molar-refractivity contribution in [3.63, 3.8) is 0 Å². The van der Waals surface area contributed by atoms with E-state index < -0.39 is 0 Å².